The van der Waals surface area contributed by atoms with E-state index < -0.39 is 32.9 Å². The summed E-state index contributed by atoms with van der Waals surface area (Å²) in [5.74, 6) is -1.50. The average Bonchev–Trinajstić information content (AvgIpc) is 3.39. The van der Waals surface area contributed by atoms with Gasteiger partial charge in [-0.25, -0.2) is 9.37 Å². The molecule has 0 aliphatic heterocycles. The highest BCUT2D eigenvalue weighted by atomic mass is 32.2. The lowest BCUT2D eigenvalue weighted by atomic mass is 9.99. The molecule has 0 saturated heterocycles. The molecule has 26 heavy (non-hydrogen) atoms. The second-order valence-electron chi connectivity index (χ2n) is 5.65. The fourth-order valence-corrected chi connectivity index (χ4v) is 2.76. The molecule has 0 atom stereocenters. The molecule has 1 aliphatic carbocycles. The number of hydrogen-bond donors (Lipinski definition) is 0. The van der Waals surface area contributed by atoms with E-state index in [-0.39, 0.29) is 5.92 Å². The molecule has 10 heteroatoms. The smallest absolute Gasteiger partial charge is 0.354 e. The Labute approximate surface area is 146 Å². The topological polar surface area (TPSA) is 80.0 Å². The van der Waals surface area contributed by atoms with Crippen molar-refractivity contribution in [2.75, 3.05) is 0 Å². The molecule has 1 aromatic heterocycles. The Bertz CT molecular complexity index is 992. The van der Waals surface area contributed by atoms with Gasteiger partial charge in [0, 0.05) is 11.5 Å². The van der Waals surface area contributed by atoms with Crippen molar-refractivity contribution in [2.24, 2.45) is 0 Å². The van der Waals surface area contributed by atoms with E-state index in [1.165, 1.54) is 30.3 Å². The van der Waals surface area contributed by atoms with Gasteiger partial charge in [-0.15, -0.1) is 0 Å². The number of halogens is 4. The van der Waals surface area contributed by atoms with Gasteiger partial charge in [0.15, 0.2) is 0 Å². The molecular formula is C16H10F4N2O3S. The molecule has 1 aliphatic rings. The zero-order chi connectivity index (χ0) is 19.1. The average molecular weight is 386 g/mol. The third-order valence-corrected chi connectivity index (χ3v) is 4.67. The zero-order valence-corrected chi connectivity index (χ0v) is 13.7. The maximum atomic E-state index is 13.1. The standard InChI is InChI=1S/C16H10F4N2O3S/c17-12-5-3-9(4-6-12)13-7-11(8-21)15(22-14(13)10-1-2-10)25-26(23,24)16(18,19)20/h3-7,10H,1-2H2. The summed E-state index contributed by atoms with van der Waals surface area (Å²) in [5, 5.41) is 9.17. The quantitative estimate of drug-likeness (QED) is 0.453. The van der Waals surface area contributed by atoms with Gasteiger partial charge in [0.25, 0.3) is 5.88 Å². The van der Waals surface area contributed by atoms with Gasteiger partial charge < -0.3 is 4.18 Å². The lowest BCUT2D eigenvalue weighted by molar-refractivity contribution is -0.0501. The first-order valence-corrected chi connectivity index (χ1v) is 8.75. The summed E-state index contributed by atoms with van der Waals surface area (Å²) >= 11 is 0. The number of rotatable bonds is 4. The van der Waals surface area contributed by atoms with E-state index in [0.717, 1.165) is 0 Å². The van der Waals surface area contributed by atoms with E-state index in [0.29, 0.717) is 29.7 Å². The van der Waals surface area contributed by atoms with Gasteiger partial charge in [0.1, 0.15) is 17.4 Å². The van der Waals surface area contributed by atoms with Crippen molar-refractivity contribution in [1.82, 2.24) is 4.98 Å². The maximum absolute atomic E-state index is 13.1. The van der Waals surface area contributed by atoms with Crippen molar-refractivity contribution in [3.05, 3.63) is 47.4 Å². The van der Waals surface area contributed by atoms with Crippen molar-refractivity contribution >= 4 is 10.1 Å². The van der Waals surface area contributed by atoms with E-state index in [1.807, 2.05) is 0 Å². The minimum atomic E-state index is -5.95. The molecule has 0 radical (unpaired) electrons. The van der Waals surface area contributed by atoms with Crippen LogP contribution in [-0.2, 0) is 10.1 Å². The van der Waals surface area contributed by atoms with Crippen LogP contribution in [-0.4, -0.2) is 18.9 Å². The van der Waals surface area contributed by atoms with Crippen LogP contribution in [0.1, 0.15) is 30.0 Å². The van der Waals surface area contributed by atoms with E-state index >= 15 is 0 Å². The molecule has 0 bridgehead atoms. The van der Waals surface area contributed by atoms with Crippen LogP contribution in [0.3, 0.4) is 0 Å². The Hall–Kier alpha value is -2.67. The highest BCUT2D eigenvalue weighted by molar-refractivity contribution is 7.87. The first-order chi connectivity index (χ1) is 12.1. The van der Waals surface area contributed by atoms with Gasteiger partial charge in [-0.3, -0.25) is 0 Å². The summed E-state index contributed by atoms with van der Waals surface area (Å²) in [4.78, 5) is 3.89. The highest BCUT2D eigenvalue weighted by Gasteiger charge is 2.49. The third kappa shape index (κ3) is 3.48. The number of benzene rings is 1. The van der Waals surface area contributed by atoms with Crippen LogP contribution in [0.2, 0.25) is 0 Å². The van der Waals surface area contributed by atoms with E-state index in [4.69, 9.17) is 0 Å². The van der Waals surface area contributed by atoms with Crippen LogP contribution in [0.5, 0.6) is 5.88 Å². The minimum Gasteiger partial charge on any atom is -0.354 e. The zero-order valence-electron chi connectivity index (χ0n) is 12.9. The number of pyridine rings is 1. The molecule has 0 N–H and O–H groups in total. The Morgan fingerprint density at radius 1 is 1.19 bits per heavy atom. The van der Waals surface area contributed by atoms with Crippen molar-refractivity contribution in [3.63, 3.8) is 0 Å². The molecule has 1 aromatic carbocycles. The number of nitriles is 1. The van der Waals surface area contributed by atoms with Crippen LogP contribution in [0.15, 0.2) is 30.3 Å². The predicted molar refractivity (Wildman–Crippen MR) is 81.9 cm³/mol. The van der Waals surface area contributed by atoms with Gasteiger partial charge in [-0.2, -0.15) is 26.9 Å². The molecular weight excluding hydrogens is 376 g/mol. The number of aromatic nitrogens is 1. The lowest BCUT2D eigenvalue weighted by Crippen LogP contribution is -2.28. The monoisotopic (exact) mass is 386 g/mol. The van der Waals surface area contributed by atoms with Gasteiger partial charge in [0.2, 0.25) is 0 Å². The molecule has 136 valence electrons. The van der Waals surface area contributed by atoms with E-state index in [9.17, 15) is 31.2 Å². The van der Waals surface area contributed by atoms with E-state index in [1.54, 1.807) is 6.07 Å². The van der Waals surface area contributed by atoms with Crippen LogP contribution >= 0.6 is 0 Å². The summed E-state index contributed by atoms with van der Waals surface area (Å²) in [7, 11) is -5.95. The van der Waals surface area contributed by atoms with Gasteiger partial charge in [-0.05, 0) is 36.6 Å². The van der Waals surface area contributed by atoms with Gasteiger partial charge in [-0.1, -0.05) is 12.1 Å². The Kier molecular flexibility index (Phi) is 4.36. The fraction of sp³-hybridized carbons (Fsp3) is 0.250. The molecule has 3 rings (SSSR count). The number of nitrogens with zero attached hydrogens (tertiary/aromatic N) is 2. The Morgan fingerprint density at radius 2 is 1.81 bits per heavy atom. The first kappa shape index (κ1) is 18.1. The van der Waals surface area contributed by atoms with Crippen molar-refractivity contribution in [1.29, 1.82) is 5.26 Å². The van der Waals surface area contributed by atoms with Crippen LogP contribution < -0.4 is 4.18 Å². The molecule has 5 nitrogen and oxygen atoms in total. The van der Waals surface area contributed by atoms with Crippen molar-refractivity contribution in [3.8, 4) is 23.1 Å². The third-order valence-electron chi connectivity index (χ3n) is 3.73. The largest absolute Gasteiger partial charge is 0.534 e. The maximum Gasteiger partial charge on any atom is 0.534 e. The molecule has 0 amide bonds. The Balaban J connectivity index is 2.12. The van der Waals surface area contributed by atoms with Gasteiger partial charge >= 0.3 is 15.6 Å². The minimum absolute atomic E-state index is 0.0984. The van der Waals surface area contributed by atoms with E-state index in [2.05, 4.69) is 9.17 Å². The first-order valence-electron chi connectivity index (χ1n) is 7.34. The molecule has 2 aromatic rings. The second-order valence-corrected chi connectivity index (χ2v) is 7.19. The van der Waals surface area contributed by atoms with Crippen LogP contribution in [0.4, 0.5) is 17.6 Å². The summed E-state index contributed by atoms with van der Waals surface area (Å²) in [5.41, 5.74) is -4.88. The number of hydrogen-bond acceptors (Lipinski definition) is 5. The SMILES string of the molecule is N#Cc1cc(-c2ccc(F)cc2)c(C2CC2)nc1OS(=O)(=O)C(F)(F)F. The molecule has 0 spiro atoms. The second kappa shape index (κ2) is 6.25. The summed E-state index contributed by atoms with van der Waals surface area (Å²) in [6.07, 6.45) is 1.41. The molecule has 0 unspecified atom stereocenters. The lowest BCUT2D eigenvalue weighted by Gasteiger charge is -2.14. The summed E-state index contributed by atoms with van der Waals surface area (Å²) < 4.78 is 77.3. The normalized spacial score (nSPS) is 14.7. The molecule has 1 saturated carbocycles. The van der Waals surface area contributed by atoms with Crippen LogP contribution in [0.25, 0.3) is 11.1 Å². The number of alkyl halides is 3. The molecule has 1 heterocycles. The summed E-state index contributed by atoms with van der Waals surface area (Å²) in [6.45, 7) is 0. The van der Waals surface area contributed by atoms with Crippen LogP contribution in [0, 0.1) is 17.1 Å². The van der Waals surface area contributed by atoms with Crippen molar-refractivity contribution in [2.45, 2.75) is 24.3 Å². The van der Waals surface area contributed by atoms with Crippen molar-refractivity contribution < 1.29 is 30.2 Å². The summed E-state index contributed by atoms with van der Waals surface area (Å²) in [6, 6.07) is 8.04. The Morgan fingerprint density at radius 3 is 2.31 bits per heavy atom. The highest BCUT2D eigenvalue weighted by Crippen LogP contribution is 2.45. The van der Waals surface area contributed by atoms with Gasteiger partial charge in [0.05, 0.1) is 5.69 Å². The predicted octanol–water partition coefficient (Wildman–Crippen LogP) is 3.87. The molecule has 1 fully saturated rings. The fourth-order valence-electron chi connectivity index (χ4n) is 2.33.